The normalized spacial score (nSPS) is 21.3. The van der Waals surface area contributed by atoms with Crippen LogP contribution in [0.2, 0.25) is 0 Å². The molecule has 1 amide bonds. The molecular weight excluding hydrogens is 294 g/mol. The first-order valence-electron chi connectivity index (χ1n) is 8.48. The maximum absolute atomic E-state index is 12.7. The summed E-state index contributed by atoms with van der Waals surface area (Å²) >= 11 is 0. The second-order valence-electron chi connectivity index (χ2n) is 6.33. The standard InChI is InChI=1S/C16H25N5O2/c1-13(19-7-3-2-4-8-19)16(23)21-11-9-20(10-12-21)14-15(22)18-6-5-17-14/h5-6,13H,2-4,7-12H2,1H3,(H,18,22)/t13-/m1/s1. The number of hydrogen-bond acceptors (Lipinski definition) is 5. The first kappa shape index (κ1) is 16.0. The van der Waals surface area contributed by atoms with Gasteiger partial charge in [0.1, 0.15) is 0 Å². The third-order valence-corrected chi connectivity index (χ3v) is 4.88. The largest absolute Gasteiger partial charge is 0.348 e. The number of H-pyrrole nitrogens is 1. The smallest absolute Gasteiger partial charge is 0.290 e. The summed E-state index contributed by atoms with van der Waals surface area (Å²) < 4.78 is 0. The van der Waals surface area contributed by atoms with Crippen molar-refractivity contribution in [3.8, 4) is 0 Å². The highest BCUT2D eigenvalue weighted by Gasteiger charge is 2.29. The summed E-state index contributed by atoms with van der Waals surface area (Å²) in [7, 11) is 0. The monoisotopic (exact) mass is 319 g/mol. The Morgan fingerprint density at radius 3 is 2.48 bits per heavy atom. The van der Waals surface area contributed by atoms with Gasteiger partial charge < -0.3 is 14.8 Å². The molecule has 7 heteroatoms. The minimum atomic E-state index is -0.172. The number of aromatic amines is 1. The van der Waals surface area contributed by atoms with Crippen LogP contribution < -0.4 is 10.5 Å². The van der Waals surface area contributed by atoms with Crippen LogP contribution in [0.15, 0.2) is 17.2 Å². The van der Waals surface area contributed by atoms with Crippen LogP contribution in [0.4, 0.5) is 5.82 Å². The summed E-state index contributed by atoms with van der Waals surface area (Å²) in [6.45, 7) is 6.66. The number of piperazine rings is 1. The molecule has 0 unspecified atom stereocenters. The molecule has 7 nitrogen and oxygen atoms in total. The van der Waals surface area contributed by atoms with Crippen LogP contribution in [0, 0.1) is 0 Å². The Hall–Kier alpha value is -1.89. The molecule has 2 aliphatic heterocycles. The molecule has 2 fully saturated rings. The highest BCUT2D eigenvalue weighted by molar-refractivity contribution is 5.81. The molecule has 1 atom stereocenters. The molecule has 0 aromatic carbocycles. The number of nitrogens with one attached hydrogen (secondary N) is 1. The topological polar surface area (TPSA) is 72.5 Å². The third kappa shape index (κ3) is 3.55. The lowest BCUT2D eigenvalue weighted by Gasteiger charge is -2.39. The van der Waals surface area contributed by atoms with Crippen molar-refractivity contribution in [1.82, 2.24) is 19.8 Å². The van der Waals surface area contributed by atoms with E-state index in [4.69, 9.17) is 0 Å². The van der Waals surface area contributed by atoms with Crippen LogP contribution in [0.5, 0.6) is 0 Å². The van der Waals surface area contributed by atoms with E-state index in [1.165, 1.54) is 25.5 Å². The zero-order chi connectivity index (χ0) is 16.2. The molecule has 3 rings (SSSR count). The van der Waals surface area contributed by atoms with E-state index in [9.17, 15) is 9.59 Å². The van der Waals surface area contributed by atoms with Crippen molar-refractivity contribution >= 4 is 11.7 Å². The SMILES string of the molecule is C[C@H](C(=O)N1CCN(c2ncc[nH]c2=O)CC1)N1CCCCC1. The maximum Gasteiger partial charge on any atom is 0.290 e. The van der Waals surface area contributed by atoms with Crippen molar-refractivity contribution in [2.24, 2.45) is 0 Å². The van der Waals surface area contributed by atoms with E-state index >= 15 is 0 Å². The van der Waals surface area contributed by atoms with Gasteiger partial charge in [-0.15, -0.1) is 0 Å². The summed E-state index contributed by atoms with van der Waals surface area (Å²) in [5.74, 6) is 0.658. The van der Waals surface area contributed by atoms with Gasteiger partial charge in [0.05, 0.1) is 6.04 Å². The van der Waals surface area contributed by atoms with Gasteiger partial charge in [-0.1, -0.05) is 6.42 Å². The predicted molar refractivity (Wildman–Crippen MR) is 88.5 cm³/mol. The molecule has 0 bridgehead atoms. The Morgan fingerprint density at radius 1 is 1.13 bits per heavy atom. The molecule has 2 aliphatic rings. The molecule has 1 aromatic heterocycles. The van der Waals surface area contributed by atoms with Crippen LogP contribution >= 0.6 is 0 Å². The van der Waals surface area contributed by atoms with Crippen LogP contribution in [0.25, 0.3) is 0 Å². The van der Waals surface area contributed by atoms with Crippen LogP contribution in [-0.4, -0.2) is 71.0 Å². The zero-order valence-electron chi connectivity index (χ0n) is 13.7. The van der Waals surface area contributed by atoms with Gasteiger partial charge in [0.25, 0.3) is 5.56 Å². The molecule has 23 heavy (non-hydrogen) atoms. The van der Waals surface area contributed by atoms with Crippen LogP contribution in [-0.2, 0) is 4.79 Å². The van der Waals surface area contributed by atoms with Crippen LogP contribution in [0.3, 0.4) is 0 Å². The van der Waals surface area contributed by atoms with Gasteiger partial charge >= 0.3 is 0 Å². The summed E-state index contributed by atoms with van der Waals surface area (Å²) in [5.41, 5.74) is -0.172. The molecule has 0 aliphatic carbocycles. The zero-order valence-corrected chi connectivity index (χ0v) is 13.7. The number of hydrogen-bond donors (Lipinski definition) is 1. The second kappa shape index (κ2) is 7.12. The molecule has 0 spiro atoms. The lowest BCUT2D eigenvalue weighted by Crippen LogP contribution is -2.55. The Balaban J connectivity index is 1.57. The van der Waals surface area contributed by atoms with E-state index in [1.807, 2.05) is 16.7 Å². The van der Waals surface area contributed by atoms with Crippen molar-refractivity contribution in [3.63, 3.8) is 0 Å². The van der Waals surface area contributed by atoms with E-state index in [1.54, 1.807) is 6.20 Å². The van der Waals surface area contributed by atoms with Gasteiger partial charge in [0, 0.05) is 38.6 Å². The summed E-state index contributed by atoms with van der Waals surface area (Å²) in [6, 6.07) is -0.0416. The molecule has 1 N–H and O–H groups in total. The first-order chi connectivity index (χ1) is 11.2. The number of amides is 1. The summed E-state index contributed by atoms with van der Waals surface area (Å²) in [5, 5.41) is 0. The Labute approximate surface area is 136 Å². The average molecular weight is 319 g/mol. The van der Waals surface area contributed by atoms with Gasteiger partial charge in [-0.2, -0.15) is 0 Å². The Kier molecular flexibility index (Phi) is 4.95. The lowest BCUT2D eigenvalue weighted by atomic mass is 10.1. The van der Waals surface area contributed by atoms with Gasteiger partial charge in [0.15, 0.2) is 5.82 Å². The van der Waals surface area contributed by atoms with Crippen molar-refractivity contribution < 1.29 is 4.79 Å². The van der Waals surface area contributed by atoms with Crippen molar-refractivity contribution in [2.75, 3.05) is 44.2 Å². The van der Waals surface area contributed by atoms with E-state index in [0.717, 1.165) is 13.1 Å². The summed E-state index contributed by atoms with van der Waals surface area (Å²) in [4.78, 5) is 37.5. The van der Waals surface area contributed by atoms with E-state index in [-0.39, 0.29) is 17.5 Å². The van der Waals surface area contributed by atoms with Gasteiger partial charge in [-0.05, 0) is 32.9 Å². The highest BCUT2D eigenvalue weighted by atomic mass is 16.2. The minimum Gasteiger partial charge on any atom is -0.348 e. The van der Waals surface area contributed by atoms with Gasteiger partial charge in [-0.25, -0.2) is 4.98 Å². The van der Waals surface area contributed by atoms with Crippen molar-refractivity contribution in [1.29, 1.82) is 0 Å². The Bertz CT molecular complexity index is 588. The fraction of sp³-hybridized carbons (Fsp3) is 0.688. The number of nitrogens with zero attached hydrogens (tertiary/aromatic N) is 4. The van der Waals surface area contributed by atoms with Gasteiger partial charge in [-0.3, -0.25) is 14.5 Å². The quantitative estimate of drug-likeness (QED) is 0.867. The minimum absolute atomic E-state index is 0.0416. The van der Waals surface area contributed by atoms with Crippen LogP contribution in [0.1, 0.15) is 26.2 Å². The number of carbonyl (C=O) groups is 1. The van der Waals surface area contributed by atoms with Crippen molar-refractivity contribution in [2.45, 2.75) is 32.2 Å². The number of anilines is 1. The molecule has 3 heterocycles. The number of likely N-dealkylation sites (tertiary alicyclic amines) is 1. The fourth-order valence-electron chi connectivity index (χ4n) is 3.43. The Morgan fingerprint density at radius 2 is 1.83 bits per heavy atom. The van der Waals surface area contributed by atoms with E-state index in [2.05, 4.69) is 14.9 Å². The molecule has 0 radical (unpaired) electrons. The number of carbonyl (C=O) groups excluding carboxylic acids is 1. The number of rotatable bonds is 3. The maximum atomic E-state index is 12.7. The fourth-order valence-corrected chi connectivity index (χ4v) is 3.43. The molecule has 2 saturated heterocycles. The van der Waals surface area contributed by atoms with E-state index in [0.29, 0.717) is 32.0 Å². The van der Waals surface area contributed by atoms with E-state index < -0.39 is 0 Å². The molecular formula is C16H25N5O2. The first-order valence-corrected chi connectivity index (χ1v) is 8.48. The lowest BCUT2D eigenvalue weighted by molar-refractivity contribution is -0.137. The predicted octanol–water partition coefficient (Wildman–Crippen LogP) is 0.293. The van der Waals surface area contributed by atoms with Crippen molar-refractivity contribution in [3.05, 3.63) is 22.7 Å². The summed E-state index contributed by atoms with van der Waals surface area (Å²) in [6.07, 6.45) is 6.77. The average Bonchev–Trinajstić information content (AvgIpc) is 2.62. The third-order valence-electron chi connectivity index (χ3n) is 4.88. The molecule has 126 valence electrons. The molecule has 0 saturated carbocycles. The molecule has 1 aromatic rings. The second-order valence-corrected chi connectivity index (χ2v) is 6.33. The number of piperidine rings is 1. The number of aromatic nitrogens is 2. The van der Waals surface area contributed by atoms with Gasteiger partial charge in [0.2, 0.25) is 5.91 Å². The highest BCUT2D eigenvalue weighted by Crippen LogP contribution is 2.15.